The van der Waals surface area contributed by atoms with Crippen LogP contribution in [-0.2, 0) is 35.8 Å². The van der Waals surface area contributed by atoms with Crippen LogP contribution in [0.2, 0.25) is 0 Å². The molecule has 0 spiro atoms. The molecule has 7 nitrogen and oxygen atoms in total. The van der Waals surface area contributed by atoms with Crippen molar-refractivity contribution in [2.24, 2.45) is 5.14 Å². The van der Waals surface area contributed by atoms with Gasteiger partial charge in [-0.1, -0.05) is 18.2 Å². The van der Waals surface area contributed by atoms with Gasteiger partial charge in [0.15, 0.2) is 5.82 Å². The zero-order valence-electron chi connectivity index (χ0n) is 15.8. The number of hydrogen-bond acceptors (Lipinski definition) is 5. The third-order valence-corrected chi connectivity index (χ3v) is 6.45. The largest absolute Gasteiger partial charge is 0.382 e. The van der Waals surface area contributed by atoms with Crippen molar-refractivity contribution in [3.05, 3.63) is 47.4 Å². The fraction of sp³-hybridized carbons (Fsp3) is 0.400. The Kier molecular flexibility index (Phi) is 5.07. The Hall–Kier alpha value is -2.45. The first-order valence-corrected chi connectivity index (χ1v) is 11.2. The van der Waals surface area contributed by atoms with Crippen molar-refractivity contribution < 1.29 is 8.42 Å². The molecule has 3 aromatic rings. The maximum absolute atomic E-state index is 11.7. The predicted molar refractivity (Wildman–Crippen MR) is 109 cm³/mol. The van der Waals surface area contributed by atoms with Gasteiger partial charge in [0.25, 0.3) is 0 Å². The minimum absolute atomic E-state index is 0.219. The smallest absolute Gasteiger partial charge is 0.238 e. The Morgan fingerprint density at radius 1 is 1.11 bits per heavy atom. The zero-order chi connectivity index (χ0) is 19.7. The number of pyridine rings is 1. The van der Waals surface area contributed by atoms with Crippen LogP contribution in [0.1, 0.15) is 42.5 Å². The summed E-state index contributed by atoms with van der Waals surface area (Å²) in [5.41, 5.74) is 11.2. The number of imidazole rings is 1. The first-order valence-electron chi connectivity index (χ1n) is 9.68. The lowest BCUT2D eigenvalue weighted by atomic mass is 9.95. The Bertz CT molecular complexity index is 1120. The maximum atomic E-state index is 11.7. The van der Waals surface area contributed by atoms with Crippen molar-refractivity contribution in [2.75, 3.05) is 5.73 Å². The lowest BCUT2D eigenvalue weighted by Crippen LogP contribution is -2.14. The number of benzene rings is 1. The number of nitrogens with two attached hydrogens (primary N) is 2. The minimum Gasteiger partial charge on any atom is -0.382 e. The Labute approximate surface area is 164 Å². The number of hydrogen-bond donors (Lipinski definition) is 2. The number of unbranched alkanes of at least 4 members (excludes halogenated alkanes) is 1. The van der Waals surface area contributed by atoms with Crippen molar-refractivity contribution in [1.29, 1.82) is 0 Å². The molecule has 148 valence electrons. The molecule has 2 aromatic heterocycles. The number of nitrogen functional groups attached to an aromatic ring is 1. The molecule has 0 amide bonds. The summed E-state index contributed by atoms with van der Waals surface area (Å²) in [6, 6.07) is 6.93. The Balaban J connectivity index is 1.50. The van der Waals surface area contributed by atoms with E-state index < -0.39 is 10.0 Å². The summed E-state index contributed by atoms with van der Waals surface area (Å²) in [6.45, 7) is 0.809. The van der Waals surface area contributed by atoms with Crippen LogP contribution in [0.5, 0.6) is 0 Å². The summed E-state index contributed by atoms with van der Waals surface area (Å²) < 4.78 is 25.6. The van der Waals surface area contributed by atoms with E-state index in [-0.39, 0.29) is 4.90 Å². The molecule has 0 unspecified atom stereocenters. The highest BCUT2D eigenvalue weighted by Crippen LogP contribution is 2.30. The van der Waals surface area contributed by atoms with Crippen LogP contribution >= 0.6 is 0 Å². The van der Waals surface area contributed by atoms with Gasteiger partial charge in [0.2, 0.25) is 10.0 Å². The number of anilines is 1. The molecular formula is C20H25N5O2S. The van der Waals surface area contributed by atoms with Gasteiger partial charge in [0.1, 0.15) is 5.52 Å². The van der Waals surface area contributed by atoms with Gasteiger partial charge in [0.05, 0.1) is 16.7 Å². The topological polar surface area (TPSA) is 117 Å². The highest BCUT2D eigenvalue weighted by molar-refractivity contribution is 7.89. The van der Waals surface area contributed by atoms with Crippen LogP contribution in [0.15, 0.2) is 35.5 Å². The normalized spacial score (nSPS) is 14.3. The number of primary sulfonamides is 1. The molecule has 0 radical (unpaired) electrons. The van der Waals surface area contributed by atoms with Crippen molar-refractivity contribution >= 4 is 26.9 Å². The molecule has 8 heteroatoms. The van der Waals surface area contributed by atoms with Crippen molar-refractivity contribution in [2.45, 2.75) is 56.4 Å². The Morgan fingerprint density at radius 3 is 2.71 bits per heavy atom. The van der Waals surface area contributed by atoms with E-state index in [1.165, 1.54) is 12.0 Å². The molecule has 1 aliphatic carbocycles. The number of aryl methyl sites for hydroxylation is 4. The van der Waals surface area contributed by atoms with Crippen LogP contribution in [-0.4, -0.2) is 23.0 Å². The fourth-order valence-corrected chi connectivity index (χ4v) is 4.91. The molecule has 4 rings (SSSR count). The predicted octanol–water partition coefficient (Wildman–Crippen LogP) is 2.56. The summed E-state index contributed by atoms with van der Waals surface area (Å²) in [4.78, 5) is 9.26. The van der Waals surface area contributed by atoms with E-state index in [0.29, 0.717) is 12.2 Å². The van der Waals surface area contributed by atoms with E-state index in [9.17, 15) is 8.42 Å². The van der Waals surface area contributed by atoms with Crippen LogP contribution < -0.4 is 10.9 Å². The average Bonchev–Trinajstić information content (AvgIpc) is 3.10. The standard InChI is InChI=1S/C20H25N5O2S/c21-20-18-19(15-9-2-3-10-16(15)24-20)25(13-23-18)12-6-5-8-14-7-1-4-11-17(14)28(22,26)27/h1,4,7,11,13H,2-3,5-6,8-10,12H2,(H2,21,24)(H2,22,26,27). The highest BCUT2D eigenvalue weighted by atomic mass is 32.2. The molecule has 1 aliphatic rings. The number of aromatic nitrogens is 3. The molecule has 1 aromatic carbocycles. The molecule has 28 heavy (non-hydrogen) atoms. The summed E-state index contributed by atoms with van der Waals surface area (Å²) >= 11 is 0. The average molecular weight is 400 g/mol. The summed E-state index contributed by atoms with van der Waals surface area (Å²) in [5.74, 6) is 0.511. The van der Waals surface area contributed by atoms with Gasteiger partial charge < -0.3 is 10.3 Å². The third-order valence-electron chi connectivity index (χ3n) is 5.43. The highest BCUT2D eigenvalue weighted by Gasteiger charge is 2.20. The lowest BCUT2D eigenvalue weighted by molar-refractivity contribution is 0.592. The van der Waals surface area contributed by atoms with E-state index in [1.54, 1.807) is 12.1 Å². The van der Waals surface area contributed by atoms with Gasteiger partial charge in [-0.05, 0) is 62.1 Å². The molecule has 0 bridgehead atoms. The van der Waals surface area contributed by atoms with Gasteiger partial charge in [-0.15, -0.1) is 0 Å². The minimum atomic E-state index is -3.69. The monoisotopic (exact) mass is 399 g/mol. The second kappa shape index (κ2) is 7.52. The van der Waals surface area contributed by atoms with Crippen molar-refractivity contribution in [3.63, 3.8) is 0 Å². The molecule has 2 heterocycles. The van der Waals surface area contributed by atoms with Gasteiger partial charge in [-0.2, -0.15) is 0 Å². The molecule has 0 saturated carbocycles. The third kappa shape index (κ3) is 3.62. The van der Waals surface area contributed by atoms with E-state index in [0.717, 1.165) is 60.9 Å². The number of fused-ring (bicyclic) bond motifs is 3. The summed E-state index contributed by atoms with van der Waals surface area (Å²) in [7, 11) is -3.69. The summed E-state index contributed by atoms with van der Waals surface area (Å²) in [5, 5.41) is 5.32. The van der Waals surface area contributed by atoms with Crippen LogP contribution in [0.4, 0.5) is 5.82 Å². The van der Waals surface area contributed by atoms with Gasteiger partial charge in [-0.3, -0.25) is 0 Å². The zero-order valence-corrected chi connectivity index (χ0v) is 16.6. The molecule has 0 atom stereocenters. The molecular weight excluding hydrogens is 374 g/mol. The first-order chi connectivity index (χ1) is 13.4. The molecule has 0 saturated heterocycles. The maximum Gasteiger partial charge on any atom is 0.238 e. The van der Waals surface area contributed by atoms with E-state index in [1.807, 2.05) is 18.5 Å². The van der Waals surface area contributed by atoms with Crippen LogP contribution in [0.25, 0.3) is 11.0 Å². The fourth-order valence-electron chi connectivity index (χ4n) is 4.11. The van der Waals surface area contributed by atoms with Crippen LogP contribution in [0.3, 0.4) is 0 Å². The second-order valence-electron chi connectivity index (χ2n) is 7.37. The SMILES string of the molecule is Nc1nc2c(c3c1ncn3CCCCc1ccccc1S(N)(=O)=O)CCCC2. The second-order valence-corrected chi connectivity index (χ2v) is 8.90. The van der Waals surface area contributed by atoms with E-state index >= 15 is 0 Å². The van der Waals surface area contributed by atoms with Gasteiger partial charge in [-0.25, -0.2) is 23.5 Å². The lowest BCUT2D eigenvalue weighted by Gasteiger charge is -2.18. The van der Waals surface area contributed by atoms with Gasteiger partial charge in [0, 0.05) is 12.2 Å². The van der Waals surface area contributed by atoms with E-state index in [2.05, 4.69) is 14.5 Å². The molecule has 4 N–H and O–H groups in total. The van der Waals surface area contributed by atoms with E-state index in [4.69, 9.17) is 10.9 Å². The molecule has 0 aliphatic heterocycles. The molecule has 0 fully saturated rings. The van der Waals surface area contributed by atoms with Crippen molar-refractivity contribution in [1.82, 2.24) is 14.5 Å². The quantitative estimate of drug-likeness (QED) is 0.618. The number of nitrogens with zero attached hydrogens (tertiary/aromatic N) is 3. The first kappa shape index (κ1) is 18.9. The summed E-state index contributed by atoms with van der Waals surface area (Å²) in [6.07, 6.45) is 8.59. The van der Waals surface area contributed by atoms with Gasteiger partial charge >= 0.3 is 0 Å². The van der Waals surface area contributed by atoms with Crippen molar-refractivity contribution in [3.8, 4) is 0 Å². The van der Waals surface area contributed by atoms with Crippen LogP contribution in [0, 0.1) is 0 Å². The number of sulfonamides is 1. The number of rotatable bonds is 6. The Morgan fingerprint density at radius 2 is 1.89 bits per heavy atom.